The minimum Gasteiger partial charge on any atom is -0.481 e. The molecule has 0 aromatic carbocycles. The van der Waals surface area contributed by atoms with E-state index >= 15 is 0 Å². The van der Waals surface area contributed by atoms with E-state index in [0.29, 0.717) is 37.6 Å². The van der Waals surface area contributed by atoms with Gasteiger partial charge in [0.2, 0.25) is 0 Å². The quantitative estimate of drug-likeness (QED) is 0.828. The lowest BCUT2D eigenvalue weighted by Crippen LogP contribution is -2.34. The summed E-state index contributed by atoms with van der Waals surface area (Å²) >= 11 is 0. The minimum absolute atomic E-state index is 0.207. The number of aryl methyl sites for hydroxylation is 1. The van der Waals surface area contributed by atoms with Crippen LogP contribution in [0.5, 0.6) is 0 Å². The zero-order valence-corrected chi connectivity index (χ0v) is 10.6. The van der Waals surface area contributed by atoms with Crippen LogP contribution in [0.1, 0.15) is 25.6 Å². The first kappa shape index (κ1) is 12.6. The summed E-state index contributed by atoms with van der Waals surface area (Å²) in [6, 6.07) is 1.42. The van der Waals surface area contributed by atoms with E-state index < -0.39 is 11.4 Å². The van der Waals surface area contributed by atoms with Crippen LogP contribution in [0.3, 0.4) is 0 Å². The molecule has 1 atom stereocenters. The highest BCUT2D eigenvalue weighted by Crippen LogP contribution is 2.35. The lowest BCUT2D eigenvalue weighted by molar-refractivity contribution is -0.147. The van der Waals surface area contributed by atoms with Gasteiger partial charge in [-0.15, -0.1) is 0 Å². The van der Waals surface area contributed by atoms with E-state index in [-0.39, 0.29) is 5.56 Å². The summed E-state index contributed by atoms with van der Waals surface area (Å²) in [7, 11) is 0. The number of rotatable bonds is 3. The number of carbonyl (C=O) groups is 1. The van der Waals surface area contributed by atoms with Crippen molar-refractivity contribution in [3.8, 4) is 0 Å². The van der Waals surface area contributed by atoms with Gasteiger partial charge in [-0.1, -0.05) is 6.92 Å². The minimum atomic E-state index is -0.769. The molecule has 0 amide bonds. The molecule has 6 heteroatoms. The molecule has 0 radical (unpaired) electrons. The second-order valence-corrected chi connectivity index (χ2v) is 4.80. The number of aliphatic carboxylic acids is 1. The number of aromatic amines is 1. The zero-order chi connectivity index (χ0) is 13.3. The van der Waals surface area contributed by atoms with E-state index in [2.05, 4.69) is 9.97 Å². The van der Waals surface area contributed by atoms with Crippen LogP contribution < -0.4 is 10.5 Å². The number of nitrogens with one attached hydrogen (secondary N) is 1. The van der Waals surface area contributed by atoms with E-state index in [9.17, 15) is 14.7 Å². The highest BCUT2D eigenvalue weighted by Gasteiger charge is 2.43. The molecule has 2 rings (SSSR count). The number of hydrogen-bond acceptors (Lipinski definition) is 4. The zero-order valence-electron chi connectivity index (χ0n) is 10.6. The number of hydrogen-bond donors (Lipinski definition) is 2. The number of carboxylic acids is 1. The Morgan fingerprint density at radius 3 is 2.89 bits per heavy atom. The first-order chi connectivity index (χ1) is 8.47. The Kier molecular flexibility index (Phi) is 3.11. The predicted octanol–water partition coefficient (Wildman–Crippen LogP) is 0.769. The van der Waals surface area contributed by atoms with Gasteiger partial charge in [-0.3, -0.25) is 9.59 Å². The van der Waals surface area contributed by atoms with Crippen LogP contribution in [-0.2, 0) is 4.79 Å². The van der Waals surface area contributed by atoms with Gasteiger partial charge in [0.25, 0.3) is 5.56 Å². The van der Waals surface area contributed by atoms with Crippen molar-refractivity contribution >= 4 is 11.8 Å². The molecule has 98 valence electrons. The lowest BCUT2D eigenvalue weighted by Gasteiger charge is -2.23. The Morgan fingerprint density at radius 1 is 1.67 bits per heavy atom. The largest absolute Gasteiger partial charge is 0.481 e. The van der Waals surface area contributed by atoms with Crippen LogP contribution in [-0.4, -0.2) is 34.1 Å². The molecular weight excluding hydrogens is 234 g/mol. The third kappa shape index (κ3) is 2.10. The summed E-state index contributed by atoms with van der Waals surface area (Å²) in [6.07, 6.45) is 1.17. The molecule has 1 saturated heterocycles. The number of nitrogens with zero attached hydrogens (tertiary/aromatic N) is 2. The van der Waals surface area contributed by atoms with Crippen LogP contribution >= 0.6 is 0 Å². The molecule has 1 aliphatic rings. The van der Waals surface area contributed by atoms with E-state index in [4.69, 9.17) is 0 Å². The Labute approximate surface area is 105 Å². The molecule has 0 saturated carbocycles. The van der Waals surface area contributed by atoms with Crippen LogP contribution in [0.4, 0.5) is 5.82 Å². The van der Waals surface area contributed by atoms with Gasteiger partial charge in [-0.2, -0.15) is 0 Å². The molecule has 0 spiro atoms. The fourth-order valence-electron chi connectivity index (χ4n) is 2.41. The van der Waals surface area contributed by atoms with E-state index in [0.717, 1.165) is 0 Å². The van der Waals surface area contributed by atoms with Gasteiger partial charge < -0.3 is 15.0 Å². The standard InChI is InChI=1S/C12H17N3O3/c1-3-12(11(17)18)4-5-15(7-12)9-6-10(16)14-8(2)13-9/h6H,3-5,7H2,1-2H3,(H,17,18)(H,13,14,16). The van der Waals surface area contributed by atoms with Crippen LogP contribution in [0, 0.1) is 12.3 Å². The number of aromatic nitrogens is 2. The lowest BCUT2D eigenvalue weighted by atomic mass is 9.84. The molecule has 0 aliphatic carbocycles. The first-order valence-corrected chi connectivity index (χ1v) is 6.03. The summed E-state index contributed by atoms with van der Waals surface area (Å²) in [5, 5.41) is 9.32. The normalized spacial score (nSPS) is 23.3. The summed E-state index contributed by atoms with van der Waals surface area (Å²) < 4.78 is 0. The van der Waals surface area contributed by atoms with Crippen molar-refractivity contribution in [1.29, 1.82) is 0 Å². The van der Waals surface area contributed by atoms with E-state index in [1.165, 1.54) is 6.07 Å². The average Bonchev–Trinajstić information content (AvgIpc) is 2.73. The Balaban J connectivity index is 2.27. The molecular formula is C12H17N3O3. The molecule has 1 fully saturated rings. The molecule has 1 unspecified atom stereocenters. The molecule has 2 heterocycles. The maximum atomic E-state index is 11.4. The maximum absolute atomic E-state index is 11.4. The number of anilines is 1. The molecule has 2 N–H and O–H groups in total. The SMILES string of the molecule is CCC1(C(=O)O)CCN(c2cc(=O)[nH]c(C)n2)C1. The maximum Gasteiger partial charge on any atom is 0.311 e. The molecule has 1 aromatic heterocycles. The summed E-state index contributed by atoms with van der Waals surface area (Å²) in [5.74, 6) is 0.337. The van der Waals surface area contributed by atoms with E-state index in [1.807, 2.05) is 11.8 Å². The Bertz CT molecular complexity index is 526. The first-order valence-electron chi connectivity index (χ1n) is 6.03. The Hall–Kier alpha value is -1.85. The number of carboxylic acid groups (broad SMARTS) is 1. The van der Waals surface area contributed by atoms with Crippen LogP contribution in [0.2, 0.25) is 0 Å². The molecule has 18 heavy (non-hydrogen) atoms. The second kappa shape index (κ2) is 4.44. The van der Waals surface area contributed by atoms with Crippen LogP contribution in [0.25, 0.3) is 0 Å². The highest BCUT2D eigenvalue weighted by molar-refractivity contribution is 5.76. The van der Waals surface area contributed by atoms with Crippen molar-refractivity contribution in [1.82, 2.24) is 9.97 Å². The second-order valence-electron chi connectivity index (χ2n) is 4.80. The fraction of sp³-hybridized carbons (Fsp3) is 0.583. The third-order valence-electron chi connectivity index (χ3n) is 3.65. The topological polar surface area (TPSA) is 86.3 Å². The summed E-state index contributed by atoms with van der Waals surface area (Å²) in [4.78, 5) is 31.5. The van der Waals surface area contributed by atoms with Gasteiger partial charge in [0.1, 0.15) is 11.6 Å². The van der Waals surface area contributed by atoms with Crippen molar-refractivity contribution in [2.45, 2.75) is 26.7 Å². The average molecular weight is 251 g/mol. The molecule has 0 bridgehead atoms. The smallest absolute Gasteiger partial charge is 0.311 e. The number of H-pyrrole nitrogens is 1. The highest BCUT2D eigenvalue weighted by atomic mass is 16.4. The Morgan fingerprint density at radius 2 is 2.39 bits per heavy atom. The van der Waals surface area contributed by atoms with Gasteiger partial charge in [0.15, 0.2) is 0 Å². The van der Waals surface area contributed by atoms with Crippen molar-refractivity contribution in [2.24, 2.45) is 5.41 Å². The van der Waals surface area contributed by atoms with Gasteiger partial charge in [-0.05, 0) is 19.8 Å². The summed E-state index contributed by atoms with van der Waals surface area (Å²) in [5.41, 5.74) is -0.917. The fourth-order valence-corrected chi connectivity index (χ4v) is 2.41. The third-order valence-corrected chi connectivity index (χ3v) is 3.65. The van der Waals surface area contributed by atoms with Crippen molar-refractivity contribution in [3.63, 3.8) is 0 Å². The monoisotopic (exact) mass is 251 g/mol. The van der Waals surface area contributed by atoms with Crippen molar-refractivity contribution in [2.75, 3.05) is 18.0 Å². The predicted molar refractivity (Wildman–Crippen MR) is 66.8 cm³/mol. The molecule has 1 aromatic rings. The van der Waals surface area contributed by atoms with Gasteiger partial charge >= 0.3 is 5.97 Å². The van der Waals surface area contributed by atoms with Gasteiger partial charge in [0.05, 0.1) is 5.41 Å². The summed E-state index contributed by atoms with van der Waals surface area (Å²) in [6.45, 7) is 4.63. The van der Waals surface area contributed by atoms with Gasteiger partial charge in [-0.25, -0.2) is 4.98 Å². The van der Waals surface area contributed by atoms with Crippen LogP contribution in [0.15, 0.2) is 10.9 Å². The molecule has 1 aliphatic heterocycles. The van der Waals surface area contributed by atoms with Crippen molar-refractivity contribution in [3.05, 3.63) is 22.2 Å². The van der Waals surface area contributed by atoms with E-state index in [1.54, 1.807) is 6.92 Å². The van der Waals surface area contributed by atoms with Gasteiger partial charge in [0, 0.05) is 19.2 Å². The van der Waals surface area contributed by atoms with Crippen molar-refractivity contribution < 1.29 is 9.90 Å². The molecule has 6 nitrogen and oxygen atoms in total.